The lowest BCUT2D eigenvalue weighted by Gasteiger charge is -2.08. The summed E-state index contributed by atoms with van der Waals surface area (Å²) in [5.74, 6) is 0.546. The molecule has 0 bridgehead atoms. The van der Waals surface area contributed by atoms with Crippen molar-refractivity contribution in [2.45, 2.75) is 13.0 Å². The number of hydrogen-bond acceptors (Lipinski definition) is 2. The molecule has 0 aliphatic carbocycles. The fourth-order valence-corrected chi connectivity index (χ4v) is 1.52. The van der Waals surface area contributed by atoms with Crippen LogP contribution in [-0.4, -0.2) is 15.9 Å². The summed E-state index contributed by atoms with van der Waals surface area (Å²) in [7, 11) is 0. The van der Waals surface area contributed by atoms with Crippen LogP contribution in [0.4, 0.5) is 0 Å². The number of imidazole rings is 1. The molecule has 4 nitrogen and oxygen atoms in total. The molecule has 4 heteroatoms. The molecule has 16 heavy (non-hydrogen) atoms. The molecule has 0 aliphatic heterocycles. The van der Waals surface area contributed by atoms with Crippen molar-refractivity contribution in [3.05, 3.63) is 42.7 Å². The summed E-state index contributed by atoms with van der Waals surface area (Å²) in [4.78, 5) is 18.7. The van der Waals surface area contributed by atoms with Crippen molar-refractivity contribution in [3.8, 4) is 0 Å². The average Bonchev–Trinajstić information content (AvgIpc) is 2.72. The first-order chi connectivity index (χ1) is 7.70. The Morgan fingerprint density at radius 1 is 1.56 bits per heavy atom. The number of nitrogens with one attached hydrogen (secondary N) is 2. The Morgan fingerprint density at radius 3 is 3.00 bits per heavy atom. The molecule has 2 rings (SSSR count). The number of aromatic nitrogens is 2. The number of nitrogens with zero attached hydrogens (tertiary/aromatic N) is 1. The summed E-state index contributed by atoms with van der Waals surface area (Å²) in [6.45, 7) is 5.28. The highest BCUT2D eigenvalue weighted by Gasteiger charge is 2.11. The topological polar surface area (TPSA) is 57.8 Å². The fourth-order valence-electron chi connectivity index (χ4n) is 1.52. The van der Waals surface area contributed by atoms with Crippen molar-refractivity contribution in [1.29, 1.82) is 0 Å². The Labute approximate surface area is 93.4 Å². The van der Waals surface area contributed by atoms with Crippen LogP contribution in [0, 0.1) is 0 Å². The van der Waals surface area contributed by atoms with Crippen LogP contribution in [0.2, 0.25) is 0 Å². The average molecular weight is 215 g/mol. The van der Waals surface area contributed by atoms with Gasteiger partial charge in [0.1, 0.15) is 5.82 Å². The van der Waals surface area contributed by atoms with E-state index >= 15 is 0 Å². The van der Waals surface area contributed by atoms with Gasteiger partial charge in [-0.3, -0.25) is 4.79 Å². The minimum absolute atomic E-state index is 0.155. The predicted molar refractivity (Wildman–Crippen MR) is 62.8 cm³/mol. The lowest BCUT2D eigenvalue weighted by molar-refractivity contribution is -0.117. The number of H-pyrrole nitrogens is 1. The number of amides is 1. The summed E-state index contributed by atoms with van der Waals surface area (Å²) in [6, 6.07) is 7.60. The van der Waals surface area contributed by atoms with Gasteiger partial charge in [0.2, 0.25) is 5.91 Å². The molecule has 1 amide bonds. The molecule has 0 spiro atoms. The zero-order valence-electron chi connectivity index (χ0n) is 9.03. The molecule has 1 aromatic heterocycles. The molecule has 0 aliphatic rings. The summed E-state index contributed by atoms with van der Waals surface area (Å²) in [5, 5.41) is 2.76. The largest absolute Gasteiger partial charge is 0.343 e. The van der Waals surface area contributed by atoms with E-state index in [1.165, 1.54) is 6.08 Å². The lowest BCUT2D eigenvalue weighted by atomic mass is 10.3. The number of hydrogen-bond donors (Lipinski definition) is 2. The number of carbonyl (C=O) groups is 1. The van der Waals surface area contributed by atoms with Gasteiger partial charge in [0.05, 0.1) is 17.1 Å². The Kier molecular flexibility index (Phi) is 2.72. The summed E-state index contributed by atoms with van der Waals surface area (Å²) in [6.07, 6.45) is 1.25. The summed E-state index contributed by atoms with van der Waals surface area (Å²) < 4.78 is 0. The van der Waals surface area contributed by atoms with Crippen molar-refractivity contribution in [2.75, 3.05) is 0 Å². The van der Waals surface area contributed by atoms with Gasteiger partial charge in [-0.1, -0.05) is 18.7 Å². The van der Waals surface area contributed by atoms with Crippen LogP contribution in [0.5, 0.6) is 0 Å². The molecule has 0 saturated heterocycles. The van der Waals surface area contributed by atoms with Gasteiger partial charge in [-0.25, -0.2) is 4.98 Å². The van der Waals surface area contributed by atoms with Gasteiger partial charge in [0.25, 0.3) is 0 Å². The quantitative estimate of drug-likeness (QED) is 0.768. The number of rotatable bonds is 3. The highest BCUT2D eigenvalue weighted by Crippen LogP contribution is 2.15. The molecule has 1 heterocycles. The van der Waals surface area contributed by atoms with Crippen LogP contribution in [0.25, 0.3) is 11.0 Å². The fraction of sp³-hybridized carbons (Fsp3) is 0.167. The maximum absolute atomic E-state index is 11.1. The second-order valence-electron chi connectivity index (χ2n) is 3.57. The highest BCUT2D eigenvalue weighted by molar-refractivity contribution is 5.87. The molecule has 0 saturated carbocycles. The van der Waals surface area contributed by atoms with Crippen LogP contribution in [0.3, 0.4) is 0 Å². The van der Waals surface area contributed by atoms with Gasteiger partial charge < -0.3 is 10.3 Å². The predicted octanol–water partition coefficient (Wildman–Crippen LogP) is 1.93. The van der Waals surface area contributed by atoms with Gasteiger partial charge in [-0.15, -0.1) is 0 Å². The van der Waals surface area contributed by atoms with Crippen molar-refractivity contribution >= 4 is 16.9 Å². The molecular weight excluding hydrogens is 202 g/mol. The van der Waals surface area contributed by atoms with E-state index in [4.69, 9.17) is 0 Å². The van der Waals surface area contributed by atoms with Crippen molar-refractivity contribution in [1.82, 2.24) is 15.3 Å². The second-order valence-corrected chi connectivity index (χ2v) is 3.57. The summed E-state index contributed by atoms with van der Waals surface area (Å²) in [5.41, 5.74) is 1.87. The van der Waals surface area contributed by atoms with E-state index in [-0.39, 0.29) is 11.9 Å². The first kappa shape index (κ1) is 10.4. The minimum Gasteiger partial charge on any atom is -0.343 e. The third kappa shape index (κ3) is 1.95. The van der Waals surface area contributed by atoms with E-state index in [0.29, 0.717) is 0 Å². The number of para-hydroxylation sites is 2. The Balaban J connectivity index is 2.26. The van der Waals surface area contributed by atoms with Crippen molar-refractivity contribution in [2.24, 2.45) is 0 Å². The highest BCUT2D eigenvalue weighted by atomic mass is 16.1. The molecule has 0 fully saturated rings. The standard InChI is InChI=1S/C12H13N3O/c1-3-11(16)13-8(2)12-14-9-6-4-5-7-10(9)15-12/h3-8H,1H2,2H3,(H,13,16)(H,14,15)/t8-/m1/s1. The molecule has 0 radical (unpaired) electrons. The Bertz CT molecular complexity index is 497. The van der Waals surface area contributed by atoms with E-state index in [1.807, 2.05) is 31.2 Å². The molecule has 2 aromatic rings. The van der Waals surface area contributed by atoms with Gasteiger partial charge >= 0.3 is 0 Å². The van der Waals surface area contributed by atoms with E-state index in [0.717, 1.165) is 16.9 Å². The third-order valence-corrected chi connectivity index (χ3v) is 2.36. The molecule has 0 unspecified atom stereocenters. The Morgan fingerprint density at radius 2 is 2.31 bits per heavy atom. The zero-order chi connectivity index (χ0) is 11.5. The van der Waals surface area contributed by atoms with Gasteiger partial charge in [0.15, 0.2) is 0 Å². The van der Waals surface area contributed by atoms with Crippen LogP contribution in [0.15, 0.2) is 36.9 Å². The van der Waals surface area contributed by atoms with E-state index in [9.17, 15) is 4.79 Å². The van der Waals surface area contributed by atoms with Crippen LogP contribution >= 0.6 is 0 Å². The van der Waals surface area contributed by atoms with Crippen LogP contribution in [-0.2, 0) is 4.79 Å². The minimum atomic E-state index is -0.201. The normalized spacial score (nSPS) is 12.3. The van der Waals surface area contributed by atoms with E-state index in [1.54, 1.807) is 0 Å². The molecule has 2 N–H and O–H groups in total. The van der Waals surface area contributed by atoms with Crippen LogP contribution < -0.4 is 5.32 Å². The van der Waals surface area contributed by atoms with Crippen LogP contribution in [0.1, 0.15) is 18.8 Å². The molecule has 1 atom stereocenters. The number of benzene rings is 1. The maximum atomic E-state index is 11.1. The third-order valence-electron chi connectivity index (χ3n) is 2.36. The van der Waals surface area contributed by atoms with E-state index < -0.39 is 0 Å². The first-order valence-corrected chi connectivity index (χ1v) is 5.08. The number of carbonyl (C=O) groups excluding carboxylic acids is 1. The van der Waals surface area contributed by atoms with Gasteiger partial charge in [0, 0.05) is 0 Å². The summed E-state index contributed by atoms with van der Waals surface area (Å²) >= 11 is 0. The van der Waals surface area contributed by atoms with Crippen molar-refractivity contribution < 1.29 is 4.79 Å². The number of aromatic amines is 1. The molecular formula is C12H13N3O. The first-order valence-electron chi connectivity index (χ1n) is 5.08. The molecule has 82 valence electrons. The monoisotopic (exact) mass is 215 g/mol. The number of fused-ring (bicyclic) bond motifs is 1. The molecule has 1 aromatic carbocycles. The Hall–Kier alpha value is -2.10. The zero-order valence-corrected chi connectivity index (χ0v) is 9.03. The van der Waals surface area contributed by atoms with Gasteiger partial charge in [-0.05, 0) is 25.1 Å². The smallest absolute Gasteiger partial charge is 0.243 e. The maximum Gasteiger partial charge on any atom is 0.243 e. The SMILES string of the molecule is C=CC(=O)N[C@H](C)c1nc2ccccc2[nH]1. The van der Waals surface area contributed by atoms with Crippen molar-refractivity contribution in [3.63, 3.8) is 0 Å². The second kappa shape index (κ2) is 4.18. The lowest BCUT2D eigenvalue weighted by Crippen LogP contribution is -2.25. The van der Waals surface area contributed by atoms with Gasteiger partial charge in [-0.2, -0.15) is 0 Å². The van der Waals surface area contributed by atoms with E-state index in [2.05, 4.69) is 21.9 Å².